The second-order valence-corrected chi connectivity index (χ2v) is 4.55. The van der Waals surface area contributed by atoms with E-state index in [4.69, 9.17) is 5.84 Å². The molecule has 5 heteroatoms. The van der Waals surface area contributed by atoms with Gasteiger partial charge in [0.25, 0.3) is 5.91 Å². The normalized spacial score (nSPS) is 18.3. The van der Waals surface area contributed by atoms with Crippen LogP contribution >= 0.6 is 0 Å². The minimum absolute atomic E-state index is 0.0666. The molecule has 1 saturated heterocycles. The van der Waals surface area contributed by atoms with Crippen LogP contribution in [0.25, 0.3) is 0 Å². The number of piperazine rings is 1. The molecule has 1 aromatic rings. The van der Waals surface area contributed by atoms with Gasteiger partial charge in [-0.25, -0.2) is 5.84 Å². The summed E-state index contributed by atoms with van der Waals surface area (Å²) < 4.78 is 0. The molecule has 0 saturated carbocycles. The molecular weight excluding hydrogens is 228 g/mol. The second kappa shape index (κ2) is 5.95. The number of nitrogens with two attached hydrogens (primary N) is 1. The molecule has 1 fully saturated rings. The van der Waals surface area contributed by atoms with Crippen molar-refractivity contribution in [2.75, 3.05) is 33.2 Å². The molecule has 1 aliphatic rings. The fraction of sp³-hybridized carbons (Fsp3) is 0.462. The summed E-state index contributed by atoms with van der Waals surface area (Å²) in [6.07, 6.45) is 0. The van der Waals surface area contributed by atoms with Crippen LogP contribution in [0, 0.1) is 0 Å². The minimum atomic E-state index is -0.275. The molecule has 3 N–H and O–H groups in total. The quantitative estimate of drug-likeness (QED) is 0.448. The van der Waals surface area contributed by atoms with Crippen molar-refractivity contribution in [2.45, 2.75) is 6.04 Å². The number of rotatable bonds is 3. The van der Waals surface area contributed by atoms with Gasteiger partial charge in [0.05, 0.1) is 0 Å². The first-order valence-electron chi connectivity index (χ1n) is 6.22. The number of carbonyl (C=O) groups is 1. The van der Waals surface area contributed by atoms with Gasteiger partial charge in [0.1, 0.15) is 6.04 Å². The van der Waals surface area contributed by atoms with Gasteiger partial charge in [-0.2, -0.15) is 0 Å². The van der Waals surface area contributed by atoms with Crippen LogP contribution in [0.4, 0.5) is 0 Å². The fourth-order valence-corrected chi connectivity index (χ4v) is 2.28. The molecule has 0 unspecified atom stereocenters. The van der Waals surface area contributed by atoms with Gasteiger partial charge in [0.15, 0.2) is 0 Å². The van der Waals surface area contributed by atoms with E-state index in [1.165, 1.54) is 5.01 Å². The van der Waals surface area contributed by atoms with Crippen LogP contribution in [-0.2, 0) is 4.79 Å². The Labute approximate surface area is 108 Å². The topological polar surface area (TPSA) is 61.6 Å². The number of benzene rings is 1. The number of hydrogen-bond acceptors (Lipinski definition) is 4. The Morgan fingerprint density at radius 2 is 1.94 bits per heavy atom. The highest BCUT2D eigenvalue weighted by Crippen LogP contribution is 2.22. The summed E-state index contributed by atoms with van der Waals surface area (Å²) in [4.78, 5) is 14.5. The first-order chi connectivity index (χ1) is 8.70. The van der Waals surface area contributed by atoms with Crippen LogP contribution in [0.5, 0.6) is 0 Å². The van der Waals surface area contributed by atoms with Crippen LogP contribution in [0.2, 0.25) is 0 Å². The summed E-state index contributed by atoms with van der Waals surface area (Å²) in [5.41, 5.74) is 1.00. The molecule has 2 rings (SSSR count). The average molecular weight is 248 g/mol. The van der Waals surface area contributed by atoms with Crippen LogP contribution < -0.4 is 11.2 Å². The number of likely N-dealkylation sites (N-methyl/N-ethyl adjacent to an activating group) is 1. The summed E-state index contributed by atoms with van der Waals surface area (Å²) in [6.45, 7) is 3.54. The van der Waals surface area contributed by atoms with E-state index in [0.717, 1.165) is 31.7 Å². The van der Waals surface area contributed by atoms with Gasteiger partial charge >= 0.3 is 0 Å². The van der Waals surface area contributed by atoms with Crippen molar-refractivity contribution < 1.29 is 4.79 Å². The Balaban J connectivity index is 2.25. The van der Waals surface area contributed by atoms with E-state index in [1.807, 2.05) is 30.3 Å². The standard InChI is InChI=1S/C13H20N4O/c1-16(14)13(18)12(11-5-3-2-4-6-11)17-9-7-15-8-10-17/h2-6,12,15H,7-10,14H2,1H3/t12-/m0/s1. The van der Waals surface area contributed by atoms with Gasteiger partial charge in [-0.15, -0.1) is 0 Å². The Morgan fingerprint density at radius 3 is 2.50 bits per heavy atom. The highest BCUT2D eigenvalue weighted by atomic mass is 16.2. The van der Waals surface area contributed by atoms with E-state index in [0.29, 0.717) is 0 Å². The fourth-order valence-electron chi connectivity index (χ4n) is 2.28. The number of amides is 1. The van der Waals surface area contributed by atoms with Gasteiger partial charge in [0.2, 0.25) is 0 Å². The van der Waals surface area contributed by atoms with Gasteiger partial charge < -0.3 is 5.32 Å². The smallest absolute Gasteiger partial charge is 0.258 e. The SMILES string of the molecule is CN(N)C(=O)[C@H](c1ccccc1)N1CCNCC1. The third-order valence-corrected chi connectivity index (χ3v) is 3.21. The zero-order chi connectivity index (χ0) is 13.0. The van der Waals surface area contributed by atoms with Gasteiger partial charge in [-0.05, 0) is 5.56 Å². The van der Waals surface area contributed by atoms with Crippen molar-refractivity contribution in [1.29, 1.82) is 0 Å². The maximum absolute atomic E-state index is 12.3. The summed E-state index contributed by atoms with van der Waals surface area (Å²) in [5, 5.41) is 4.47. The lowest BCUT2D eigenvalue weighted by molar-refractivity contribution is -0.136. The predicted octanol–water partition coefficient (Wildman–Crippen LogP) is -0.0350. The van der Waals surface area contributed by atoms with Crippen molar-refractivity contribution in [2.24, 2.45) is 5.84 Å². The number of hydrogen-bond donors (Lipinski definition) is 2. The molecule has 0 bridgehead atoms. The zero-order valence-electron chi connectivity index (χ0n) is 10.7. The van der Waals surface area contributed by atoms with Crippen molar-refractivity contribution in [3.05, 3.63) is 35.9 Å². The Hall–Kier alpha value is -1.43. The minimum Gasteiger partial charge on any atom is -0.314 e. The average Bonchev–Trinajstić information content (AvgIpc) is 2.41. The molecule has 0 spiro atoms. The molecule has 18 heavy (non-hydrogen) atoms. The van der Waals surface area contributed by atoms with E-state index in [-0.39, 0.29) is 11.9 Å². The van der Waals surface area contributed by atoms with E-state index >= 15 is 0 Å². The highest BCUT2D eigenvalue weighted by Gasteiger charge is 2.29. The molecular formula is C13H20N4O. The van der Waals surface area contributed by atoms with E-state index in [2.05, 4.69) is 10.2 Å². The lowest BCUT2D eigenvalue weighted by Gasteiger charge is -2.35. The van der Waals surface area contributed by atoms with Crippen molar-refractivity contribution >= 4 is 5.91 Å². The number of hydrazine groups is 1. The van der Waals surface area contributed by atoms with Crippen molar-refractivity contribution in [3.63, 3.8) is 0 Å². The van der Waals surface area contributed by atoms with Crippen LogP contribution in [-0.4, -0.2) is 49.0 Å². The third-order valence-electron chi connectivity index (χ3n) is 3.21. The third kappa shape index (κ3) is 2.87. The molecule has 1 aromatic carbocycles. The molecule has 1 atom stereocenters. The monoisotopic (exact) mass is 248 g/mol. The van der Waals surface area contributed by atoms with E-state index < -0.39 is 0 Å². The molecule has 5 nitrogen and oxygen atoms in total. The van der Waals surface area contributed by atoms with Crippen LogP contribution in [0.3, 0.4) is 0 Å². The Kier molecular flexibility index (Phi) is 4.30. The Bertz CT molecular complexity index is 387. The summed E-state index contributed by atoms with van der Waals surface area (Å²) in [7, 11) is 1.60. The summed E-state index contributed by atoms with van der Waals surface area (Å²) in [5.74, 6) is 5.56. The maximum Gasteiger partial charge on any atom is 0.258 e. The molecule has 1 aliphatic heterocycles. The first kappa shape index (κ1) is 13.0. The van der Waals surface area contributed by atoms with E-state index in [1.54, 1.807) is 7.05 Å². The molecule has 1 heterocycles. The maximum atomic E-state index is 12.3. The van der Waals surface area contributed by atoms with E-state index in [9.17, 15) is 4.79 Å². The molecule has 0 aromatic heterocycles. The largest absolute Gasteiger partial charge is 0.314 e. The lowest BCUT2D eigenvalue weighted by Crippen LogP contribution is -2.50. The number of nitrogens with one attached hydrogen (secondary N) is 1. The van der Waals surface area contributed by atoms with Gasteiger partial charge in [-0.1, -0.05) is 30.3 Å². The predicted molar refractivity (Wildman–Crippen MR) is 70.6 cm³/mol. The lowest BCUT2D eigenvalue weighted by atomic mass is 10.0. The summed E-state index contributed by atoms with van der Waals surface area (Å²) in [6, 6.07) is 9.54. The van der Waals surface area contributed by atoms with Crippen molar-refractivity contribution in [3.8, 4) is 0 Å². The Morgan fingerprint density at radius 1 is 1.33 bits per heavy atom. The molecule has 98 valence electrons. The number of carbonyl (C=O) groups excluding carboxylic acids is 1. The van der Waals surface area contributed by atoms with Gasteiger partial charge in [0, 0.05) is 33.2 Å². The van der Waals surface area contributed by atoms with Gasteiger partial charge in [-0.3, -0.25) is 14.7 Å². The van der Waals surface area contributed by atoms with Crippen LogP contribution in [0.15, 0.2) is 30.3 Å². The van der Waals surface area contributed by atoms with Crippen molar-refractivity contribution in [1.82, 2.24) is 15.2 Å². The molecule has 0 radical (unpaired) electrons. The second-order valence-electron chi connectivity index (χ2n) is 4.55. The zero-order valence-corrected chi connectivity index (χ0v) is 10.7. The van der Waals surface area contributed by atoms with Crippen LogP contribution in [0.1, 0.15) is 11.6 Å². The number of nitrogens with zero attached hydrogens (tertiary/aromatic N) is 2. The molecule has 1 amide bonds. The summed E-state index contributed by atoms with van der Waals surface area (Å²) >= 11 is 0. The highest BCUT2D eigenvalue weighted by molar-refractivity contribution is 5.82. The first-order valence-corrected chi connectivity index (χ1v) is 6.22. The molecule has 0 aliphatic carbocycles.